The van der Waals surface area contributed by atoms with E-state index in [-0.39, 0.29) is 23.4 Å². The molecule has 4 rings (SSSR count). The second-order valence-corrected chi connectivity index (χ2v) is 10.9. The van der Waals surface area contributed by atoms with Crippen LogP contribution in [-0.4, -0.2) is 55.1 Å². The van der Waals surface area contributed by atoms with Gasteiger partial charge in [0.2, 0.25) is 10.0 Å². The SMILES string of the molecule is CCCS(=O)(=O)N(CCOC)C[C@H]1CCC2=C1[C@@H](C)c1cnn(-c3ccc(F)cc3)c1C2. The summed E-state index contributed by atoms with van der Waals surface area (Å²) in [6.45, 7) is 5.39. The maximum absolute atomic E-state index is 13.4. The van der Waals surface area contributed by atoms with Gasteiger partial charge in [-0.25, -0.2) is 17.5 Å². The van der Waals surface area contributed by atoms with E-state index in [9.17, 15) is 12.8 Å². The number of allylic oxidation sites excluding steroid dienone is 1. The van der Waals surface area contributed by atoms with E-state index in [2.05, 4.69) is 12.0 Å². The number of nitrogens with zero attached hydrogens (tertiary/aromatic N) is 3. The van der Waals surface area contributed by atoms with Gasteiger partial charge < -0.3 is 4.74 Å². The van der Waals surface area contributed by atoms with E-state index in [0.717, 1.165) is 30.6 Å². The molecule has 0 amide bonds. The Kier molecular flexibility index (Phi) is 6.83. The molecule has 0 radical (unpaired) electrons. The van der Waals surface area contributed by atoms with Crippen LogP contribution in [0.25, 0.3) is 5.69 Å². The Morgan fingerprint density at radius 2 is 2.03 bits per heavy atom. The lowest BCUT2D eigenvalue weighted by Crippen LogP contribution is -2.39. The first-order valence-electron chi connectivity index (χ1n) is 11.4. The third kappa shape index (κ3) is 4.40. The maximum Gasteiger partial charge on any atom is 0.214 e. The zero-order valence-corrected chi connectivity index (χ0v) is 19.9. The summed E-state index contributed by atoms with van der Waals surface area (Å²) in [5.41, 5.74) is 5.97. The number of rotatable bonds is 9. The Balaban J connectivity index is 1.59. The van der Waals surface area contributed by atoms with Crippen molar-refractivity contribution >= 4 is 10.0 Å². The van der Waals surface area contributed by atoms with Crippen LogP contribution < -0.4 is 0 Å². The van der Waals surface area contributed by atoms with Gasteiger partial charge in [-0.2, -0.15) is 9.40 Å². The van der Waals surface area contributed by atoms with Gasteiger partial charge in [0, 0.05) is 38.1 Å². The zero-order chi connectivity index (χ0) is 22.9. The Labute approximate surface area is 190 Å². The number of hydrogen-bond acceptors (Lipinski definition) is 4. The fraction of sp³-hybridized carbons (Fsp3) is 0.542. The van der Waals surface area contributed by atoms with Crippen molar-refractivity contribution in [3.63, 3.8) is 0 Å². The van der Waals surface area contributed by atoms with Crippen molar-refractivity contribution in [2.45, 2.75) is 45.4 Å². The Morgan fingerprint density at radius 3 is 2.72 bits per heavy atom. The van der Waals surface area contributed by atoms with Gasteiger partial charge in [-0.1, -0.05) is 25.0 Å². The molecule has 6 nitrogen and oxygen atoms in total. The minimum absolute atomic E-state index is 0.166. The van der Waals surface area contributed by atoms with Crippen molar-refractivity contribution in [1.82, 2.24) is 14.1 Å². The smallest absolute Gasteiger partial charge is 0.214 e. The number of fused-ring (bicyclic) bond motifs is 1. The Hall–Kier alpha value is -2.03. The van der Waals surface area contributed by atoms with Crippen molar-refractivity contribution in [2.75, 3.05) is 32.6 Å². The van der Waals surface area contributed by atoms with Crippen molar-refractivity contribution in [3.05, 3.63) is 58.7 Å². The predicted octanol–water partition coefficient (Wildman–Crippen LogP) is 4.07. The quantitative estimate of drug-likeness (QED) is 0.528. The minimum Gasteiger partial charge on any atom is -0.383 e. The van der Waals surface area contributed by atoms with Crippen molar-refractivity contribution < 1.29 is 17.5 Å². The molecule has 174 valence electrons. The van der Waals surface area contributed by atoms with Crippen LogP contribution in [-0.2, 0) is 21.2 Å². The van der Waals surface area contributed by atoms with Crippen LogP contribution in [0.15, 0.2) is 41.6 Å². The topological polar surface area (TPSA) is 64.4 Å². The highest BCUT2D eigenvalue weighted by atomic mass is 32.2. The molecule has 2 atom stereocenters. The third-order valence-corrected chi connectivity index (χ3v) is 8.80. The summed E-state index contributed by atoms with van der Waals surface area (Å²) in [6, 6.07) is 6.41. The summed E-state index contributed by atoms with van der Waals surface area (Å²) >= 11 is 0. The van der Waals surface area contributed by atoms with Gasteiger partial charge in [-0.05, 0) is 49.4 Å². The van der Waals surface area contributed by atoms with E-state index in [1.165, 1.54) is 28.8 Å². The number of methoxy groups -OCH3 is 1. The van der Waals surface area contributed by atoms with Crippen LogP contribution in [0.1, 0.15) is 50.3 Å². The first-order chi connectivity index (χ1) is 15.4. The van der Waals surface area contributed by atoms with Crippen LogP contribution in [0.3, 0.4) is 0 Å². The Morgan fingerprint density at radius 1 is 1.28 bits per heavy atom. The predicted molar refractivity (Wildman–Crippen MR) is 123 cm³/mol. The average molecular weight is 462 g/mol. The molecule has 1 aromatic carbocycles. The van der Waals surface area contributed by atoms with Crippen LogP contribution in [0, 0.1) is 11.7 Å². The number of sulfonamides is 1. The number of benzene rings is 1. The molecule has 2 aliphatic carbocycles. The summed E-state index contributed by atoms with van der Waals surface area (Å²) in [4.78, 5) is 0. The molecule has 1 aromatic heterocycles. The second-order valence-electron chi connectivity index (χ2n) is 8.79. The first-order valence-corrected chi connectivity index (χ1v) is 13.0. The summed E-state index contributed by atoms with van der Waals surface area (Å²) in [5.74, 6) is 0.307. The summed E-state index contributed by atoms with van der Waals surface area (Å²) in [7, 11) is -1.70. The molecule has 1 heterocycles. The molecular formula is C24H32FN3O3S. The van der Waals surface area contributed by atoms with Crippen LogP contribution in [0.5, 0.6) is 0 Å². The van der Waals surface area contributed by atoms with Crippen molar-refractivity contribution in [1.29, 1.82) is 0 Å². The van der Waals surface area contributed by atoms with E-state index in [1.54, 1.807) is 23.5 Å². The number of aromatic nitrogens is 2. The highest BCUT2D eigenvalue weighted by Crippen LogP contribution is 2.47. The molecule has 8 heteroatoms. The molecule has 0 bridgehead atoms. The molecule has 0 N–H and O–H groups in total. The molecule has 0 saturated heterocycles. The van der Waals surface area contributed by atoms with Crippen molar-refractivity contribution in [2.24, 2.45) is 5.92 Å². The molecular weight excluding hydrogens is 429 g/mol. The van der Waals surface area contributed by atoms with Gasteiger partial charge >= 0.3 is 0 Å². The minimum atomic E-state index is -3.30. The number of halogens is 1. The molecule has 0 fully saturated rings. The molecule has 0 saturated carbocycles. The zero-order valence-electron chi connectivity index (χ0n) is 19.1. The van der Waals surface area contributed by atoms with Crippen LogP contribution in [0.2, 0.25) is 0 Å². The maximum atomic E-state index is 13.4. The Bertz CT molecular complexity index is 1090. The van der Waals surface area contributed by atoms with Crippen molar-refractivity contribution in [3.8, 4) is 5.69 Å². The van der Waals surface area contributed by atoms with Crippen LogP contribution >= 0.6 is 0 Å². The summed E-state index contributed by atoms with van der Waals surface area (Å²) in [5, 5.41) is 4.61. The highest BCUT2D eigenvalue weighted by Gasteiger charge is 2.38. The van der Waals surface area contributed by atoms with Gasteiger partial charge in [0.25, 0.3) is 0 Å². The first kappa shape index (κ1) is 23.1. The highest BCUT2D eigenvalue weighted by molar-refractivity contribution is 7.89. The molecule has 0 aliphatic heterocycles. The van der Waals surface area contributed by atoms with E-state index in [1.807, 2.05) is 17.8 Å². The summed E-state index contributed by atoms with van der Waals surface area (Å²) < 4.78 is 47.8. The fourth-order valence-electron chi connectivity index (χ4n) is 5.25. The second kappa shape index (κ2) is 9.45. The van der Waals surface area contributed by atoms with E-state index >= 15 is 0 Å². The van der Waals surface area contributed by atoms with Gasteiger partial charge in [0.05, 0.1) is 29.9 Å². The molecule has 2 aromatic rings. The average Bonchev–Trinajstić information content (AvgIpc) is 3.36. The monoisotopic (exact) mass is 461 g/mol. The summed E-state index contributed by atoms with van der Waals surface area (Å²) in [6.07, 6.45) is 5.27. The van der Waals surface area contributed by atoms with Gasteiger partial charge in [-0.3, -0.25) is 0 Å². The third-order valence-electron chi connectivity index (χ3n) is 6.75. The standard InChI is InChI=1S/C24H32FN3O3S/c1-4-13-32(29,30)27(11-12-31-3)16-19-6-5-18-14-23-22(17(2)24(18)19)15-26-28(23)21-9-7-20(25)8-10-21/h7-10,15,17,19H,4-6,11-14,16H2,1-3H3/t17-,19+/m0/s1. The van der Waals surface area contributed by atoms with Gasteiger partial charge in [-0.15, -0.1) is 0 Å². The normalized spacial score (nSPS) is 20.7. The van der Waals surface area contributed by atoms with Gasteiger partial charge in [0.15, 0.2) is 0 Å². The lowest BCUT2D eigenvalue weighted by atomic mass is 9.80. The number of hydrogen-bond donors (Lipinski definition) is 0. The van der Waals surface area contributed by atoms with Gasteiger partial charge in [0.1, 0.15) is 5.82 Å². The van der Waals surface area contributed by atoms with E-state index in [4.69, 9.17) is 4.74 Å². The lowest BCUT2D eigenvalue weighted by molar-refractivity contribution is 0.175. The van der Waals surface area contributed by atoms with E-state index < -0.39 is 10.0 Å². The lowest BCUT2D eigenvalue weighted by Gasteiger charge is -2.30. The molecule has 32 heavy (non-hydrogen) atoms. The molecule has 0 unspecified atom stereocenters. The largest absolute Gasteiger partial charge is 0.383 e. The molecule has 2 aliphatic rings. The number of ether oxygens (including phenoxy) is 1. The van der Waals surface area contributed by atoms with Crippen LogP contribution in [0.4, 0.5) is 4.39 Å². The fourth-order valence-corrected chi connectivity index (χ4v) is 6.78. The van der Waals surface area contributed by atoms with E-state index in [0.29, 0.717) is 26.1 Å². The molecule has 0 spiro atoms.